The number of amides is 1. The van der Waals surface area contributed by atoms with Crippen LogP contribution in [-0.2, 0) is 28.7 Å². The predicted octanol–water partition coefficient (Wildman–Crippen LogP) is 17.3. The predicted molar refractivity (Wildman–Crippen MR) is 281 cm³/mol. The number of nitrogens with one attached hydrogen (secondary N) is 1. The Kier molecular flexibility index (Phi) is 49.1. The lowest BCUT2D eigenvalue weighted by Crippen LogP contribution is -2.44. The van der Waals surface area contributed by atoms with Gasteiger partial charge in [0.25, 0.3) is 0 Å². The maximum Gasteiger partial charge on any atom is 0.306 e. The molecule has 0 aliphatic heterocycles. The highest BCUT2D eigenvalue weighted by Crippen LogP contribution is 2.18. The average Bonchev–Trinajstić information content (AvgIpc) is 3.29. The van der Waals surface area contributed by atoms with Crippen molar-refractivity contribution in [3.8, 4) is 0 Å². The summed E-state index contributed by atoms with van der Waals surface area (Å²) in [5, 5.41) is 3.03. The van der Waals surface area contributed by atoms with E-state index in [2.05, 4.69) is 26.1 Å². The van der Waals surface area contributed by atoms with E-state index in [1.807, 2.05) is 13.8 Å². The summed E-state index contributed by atoms with van der Waals surface area (Å²) in [6, 6.07) is -0.602. The van der Waals surface area contributed by atoms with Gasteiger partial charge < -0.3 is 14.8 Å². The van der Waals surface area contributed by atoms with Gasteiger partial charge in [0.05, 0.1) is 6.04 Å². The van der Waals surface area contributed by atoms with Gasteiger partial charge in [0.1, 0.15) is 12.7 Å². The summed E-state index contributed by atoms with van der Waals surface area (Å²) in [6.45, 7) is 10.6. The lowest BCUT2D eigenvalue weighted by atomic mass is 10.0. The summed E-state index contributed by atoms with van der Waals surface area (Å²) < 4.78 is 11.6. The smallest absolute Gasteiger partial charge is 0.306 e. The van der Waals surface area contributed by atoms with E-state index in [1.165, 1.54) is 204 Å². The number of ether oxygens (including phenoxy) is 2. The first-order chi connectivity index (χ1) is 31.7. The number of thioether (sulfide) groups is 1. The van der Waals surface area contributed by atoms with Crippen LogP contribution in [0.1, 0.15) is 304 Å². The summed E-state index contributed by atoms with van der Waals surface area (Å²) in [6.07, 6.45) is 49.4. The molecule has 0 saturated heterocycles. The second-order valence-electron chi connectivity index (χ2n) is 20.0. The van der Waals surface area contributed by atoms with Crippen molar-refractivity contribution in [3.63, 3.8) is 0 Å². The Labute approximate surface area is 408 Å². The number of esters is 2. The molecule has 7 nitrogen and oxygen atoms in total. The van der Waals surface area contributed by atoms with Gasteiger partial charge in [-0.05, 0) is 19.3 Å². The standard InChI is InChI=1S/C57H109NO6S/c1-6-9-12-15-18-21-24-27-30-33-36-39-42-45-54(59)58-53(57(62)51(4)5)50-65-49-52(64-56(61)47-44-41-38-35-32-29-26-23-20-17-14-11-8-3)48-63-55(60)46-43-40-37-34-31-28-25-22-19-16-13-10-7-2/h51-53H,6-50H2,1-5H3,(H,58,59)/t52-,53+/m1/s1. The van der Waals surface area contributed by atoms with Crippen molar-refractivity contribution in [2.75, 3.05) is 18.1 Å². The molecule has 1 amide bonds. The number of Topliss-reactive ketones (excluding diaryl/α,β-unsaturated/α-hetero) is 1. The lowest BCUT2D eigenvalue weighted by Gasteiger charge is -2.22. The number of ketones is 1. The van der Waals surface area contributed by atoms with Gasteiger partial charge in [0.2, 0.25) is 5.91 Å². The molecule has 0 bridgehead atoms. The van der Waals surface area contributed by atoms with E-state index in [-0.39, 0.29) is 36.2 Å². The maximum atomic E-state index is 13.2. The molecule has 0 aliphatic rings. The van der Waals surface area contributed by atoms with Gasteiger partial charge in [-0.1, -0.05) is 266 Å². The van der Waals surface area contributed by atoms with E-state index in [0.29, 0.717) is 30.8 Å². The van der Waals surface area contributed by atoms with Crippen molar-refractivity contribution in [1.82, 2.24) is 5.32 Å². The Bertz CT molecular complexity index is 1070. The van der Waals surface area contributed by atoms with Crippen molar-refractivity contribution >= 4 is 35.4 Å². The molecular formula is C57H109NO6S. The number of carbonyl (C=O) groups excluding carboxylic acids is 4. The fourth-order valence-electron chi connectivity index (χ4n) is 8.68. The average molecular weight is 937 g/mol. The Balaban J connectivity index is 4.77. The molecule has 0 spiro atoms. The highest BCUT2D eigenvalue weighted by molar-refractivity contribution is 7.99. The molecule has 0 aromatic carbocycles. The van der Waals surface area contributed by atoms with E-state index >= 15 is 0 Å². The van der Waals surface area contributed by atoms with Crippen molar-refractivity contribution < 1.29 is 28.7 Å². The van der Waals surface area contributed by atoms with E-state index in [1.54, 1.807) is 0 Å². The molecule has 0 radical (unpaired) electrons. The molecule has 8 heteroatoms. The summed E-state index contributed by atoms with van der Waals surface area (Å²) in [5.41, 5.74) is 0. The monoisotopic (exact) mass is 936 g/mol. The van der Waals surface area contributed by atoms with Crippen LogP contribution in [0.2, 0.25) is 0 Å². The van der Waals surface area contributed by atoms with Gasteiger partial charge in [-0.25, -0.2) is 0 Å². The molecule has 0 unspecified atom stereocenters. The van der Waals surface area contributed by atoms with Crippen LogP contribution in [0.3, 0.4) is 0 Å². The zero-order valence-electron chi connectivity index (χ0n) is 43.9. The van der Waals surface area contributed by atoms with Crippen LogP contribution in [0.25, 0.3) is 0 Å². The van der Waals surface area contributed by atoms with Crippen molar-refractivity contribution in [1.29, 1.82) is 0 Å². The minimum Gasteiger partial charge on any atom is -0.462 e. The molecule has 384 valence electrons. The Morgan fingerprint density at radius 2 is 0.708 bits per heavy atom. The minimum absolute atomic E-state index is 0.0106. The molecule has 0 aromatic heterocycles. The fourth-order valence-corrected chi connectivity index (χ4v) is 9.72. The number of hydrogen-bond donors (Lipinski definition) is 1. The van der Waals surface area contributed by atoms with E-state index in [9.17, 15) is 19.2 Å². The molecule has 0 aliphatic carbocycles. The number of carbonyl (C=O) groups is 4. The summed E-state index contributed by atoms with van der Waals surface area (Å²) in [7, 11) is 0. The van der Waals surface area contributed by atoms with Crippen molar-refractivity contribution in [3.05, 3.63) is 0 Å². The Morgan fingerprint density at radius 1 is 0.400 bits per heavy atom. The summed E-state index contributed by atoms with van der Waals surface area (Å²) >= 11 is 1.48. The Hall–Kier alpha value is -1.57. The molecule has 0 saturated carbocycles. The zero-order chi connectivity index (χ0) is 47.7. The maximum absolute atomic E-state index is 13.2. The molecule has 0 fully saturated rings. The van der Waals surface area contributed by atoms with Crippen molar-refractivity contribution in [2.45, 2.75) is 316 Å². The summed E-state index contributed by atoms with van der Waals surface area (Å²) in [4.78, 5) is 52.0. The highest BCUT2D eigenvalue weighted by Gasteiger charge is 2.25. The quantitative estimate of drug-likeness (QED) is 0.0479. The van der Waals surface area contributed by atoms with E-state index in [4.69, 9.17) is 9.47 Å². The van der Waals surface area contributed by atoms with Crippen LogP contribution in [0.15, 0.2) is 0 Å². The molecule has 1 N–H and O–H groups in total. The van der Waals surface area contributed by atoms with Crippen LogP contribution < -0.4 is 5.32 Å². The lowest BCUT2D eigenvalue weighted by molar-refractivity contribution is -0.157. The first-order valence-corrected chi connectivity index (χ1v) is 29.7. The summed E-state index contributed by atoms with van der Waals surface area (Å²) in [5.74, 6) is 0.00829. The number of unbranched alkanes of at least 4 members (excludes halogenated alkanes) is 36. The number of rotatable bonds is 52. The van der Waals surface area contributed by atoms with Gasteiger partial charge in [-0.15, -0.1) is 0 Å². The Morgan fingerprint density at radius 3 is 1.05 bits per heavy atom. The molecule has 2 atom stereocenters. The molecule has 65 heavy (non-hydrogen) atoms. The van der Waals surface area contributed by atoms with Crippen LogP contribution in [-0.4, -0.2) is 53.9 Å². The van der Waals surface area contributed by atoms with E-state index < -0.39 is 12.1 Å². The van der Waals surface area contributed by atoms with Crippen LogP contribution in [0, 0.1) is 5.92 Å². The minimum atomic E-state index is -0.602. The van der Waals surface area contributed by atoms with Gasteiger partial charge in [0, 0.05) is 36.7 Å². The van der Waals surface area contributed by atoms with Crippen LogP contribution >= 0.6 is 11.8 Å². The highest BCUT2D eigenvalue weighted by atomic mass is 32.2. The second-order valence-corrected chi connectivity index (χ2v) is 21.1. The first-order valence-electron chi connectivity index (χ1n) is 28.5. The third-order valence-corrected chi connectivity index (χ3v) is 14.2. The second kappa shape index (κ2) is 50.3. The normalized spacial score (nSPS) is 12.4. The zero-order valence-corrected chi connectivity index (χ0v) is 44.7. The SMILES string of the molecule is CCCCCCCCCCCCCCCC(=O)N[C@@H](CSC[C@@H](COC(=O)CCCCCCCCCCCCCCC)OC(=O)CCCCCCCCCCCCCCC)C(=O)C(C)C. The number of hydrogen-bond acceptors (Lipinski definition) is 7. The van der Waals surface area contributed by atoms with Crippen LogP contribution in [0.4, 0.5) is 0 Å². The molecule has 0 aromatic rings. The van der Waals surface area contributed by atoms with E-state index in [0.717, 1.165) is 57.8 Å². The molecule has 0 rings (SSSR count). The van der Waals surface area contributed by atoms with Gasteiger partial charge >= 0.3 is 11.9 Å². The van der Waals surface area contributed by atoms with Crippen molar-refractivity contribution in [2.24, 2.45) is 5.92 Å². The van der Waals surface area contributed by atoms with Gasteiger partial charge in [-0.3, -0.25) is 19.2 Å². The fraction of sp³-hybridized carbons (Fsp3) is 0.930. The van der Waals surface area contributed by atoms with Crippen LogP contribution in [0.5, 0.6) is 0 Å². The van der Waals surface area contributed by atoms with Gasteiger partial charge in [0.15, 0.2) is 5.78 Å². The molecular weight excluding hydrogens is 827 g/mol. The largest absolute Gasteiger partial charge is 0.462 e. The molecule has 0 heterocycles. The third-order valence-electron chi connectivity index (χ3n) is 13.0. The first kappa shape index (κ1) is 63.4. The topological polar surface area (TPSA) is 98.8 Å². The van der Waals surface area contributed by atoms with Gasteiger partial charge in [-0.2, -0.15) is 11.8 Å². The third kappa shape index (κ3) is 46.0.